The molecule has 1 amide bonds. The van der Waals surface area contributed by atoms with E-state index in [1.54, 1.807) is 34.0 Å². The van der Waals surface area contributed by atoms with Crippen molar-refractivity contribution in [3.8, 4) is 5.69 Å². The van der Waals surface area contributed by atoms with Crippen LogP contribution in [-0.4, -0.2) is 45.4 Å². The van der Waals surface area contributed by atoms with Gasteiger partial charge in [-0.2, -0.15) is 5.10 Å². The number of halogens is 1. The van der Waals surface area contributed by atoms with Crippen molar-refractivity contribution in [2.75, 3.05) is 19.7 Å². The molecule has 4 rings (SSSR count). The topological polar surface area (TPSA) is 58.4 Å². The van der Waals surface area contributed by atoms with E-state index in [0.717, 1.165) is 17.7 Å². The first kappa shape index (κ1) is 18.4. The lowest BCUT2D eigenvalue weighted by Gasteiger charge is -2.27. The summed E-state index contributed by atoms with van der Waals surface area (Å²) in [7, 11) is 0. The van der Waals surface area contributed by atoms with E-state index in [-0.39, 0.29) is 24.8 Å². The van der Waals surface area contributed by atoms with Gasteiger partial charge in [-0.05, 0) is 42.3 Å². The number of aromatic nitrogens is 2. The Kier molecular flexibility index (Phi) is 4.96. The maximum atomic E-state index is 13.1. The number of rotatable bonds is 5. The summed E-state index contributed by atoms with van der Waals surface area (Å²) in [5, 5.41) is 14.5. The van der Waals surface area contributed by atoms with E-state index in [2.05, 4.69) is 5.10 Å². The fourth-order valence-electron chi connectivity index (χ4n) is 3.79. The van der Waals surface area contributed by atoms with E-state index in [0.29, 0.717) is 18.8 Å². The van der Waals surface area contributed by atoms with Gasteiger partial charge in [0.1, 0.15) is 5.82 Å². The molecule has 144 valence electrons. The van der Waals surface area contributed by atoms with Crippen LogP contribution in [0.3, 0.4) is 0 Å². The van der Waals surface area contributed by atoms with Crippen molar-refractivity contribution < 1.29 is 14.3 Å². The number of carbonyl (C=O) groups is 1. The Balaban J connectivity index is 1.44. The average Bonchev–Trinajstić information content (AvgIpc) is 3.37. The molecule has 28 heavy (non-hydrogen) atoms. The third-order valence-electron chi connectivity index (χ3n) is 5.46. The molecule has 5 nitrogen and oxygen atoms in total. The highest BCUT2D eigenvalue weighted by Crippen LogP contribution is 2.34. The number of aliphatic hydroxyl groups excluding tert-OH is 1. The molecule has 2 heterocycles. The molecule has 1 aliphatic heterocycles. The van der Waals surface area contributed by atoms with Crippen molar-refractivity contribution in [1.29, 1.82) is 0 Å². The van der Waals surface area contributed by atoms with Gasteiger partial charge in [0.25, 0.3) is 0 Å². The molecule has 1 saturated heterocycles. The molecule has 1 fully saturated rings. The summed E-state index contributed by atoms with van der Waals surface area (Å²) >= 11 is 0. The minimum Gasteiger partial charge on any atom is -0.395 e. The van der Waals surface area contributed by atoms with Crippen LogP contribution in [0.4, 0.5) is 4.39 Å². The highest BCUT2D eigenvalue weighted by atomic mass is 19.1. The smallest absolute Gasteiger partial charge is 0.228 e. The molecule has 1 atom stereocenters. The lowest BCUT2D eigenvalue weighted by Crippen LogP contribution is -2.37. The molecule has 1 N–H and O–H groups in total. The molecule has 0 radical (unpaired) electrons. The maximum Gasteiger partial charge on any atom is 0.228 e. The monoisotopic (exact) mass is 379 g/mol. The second kappa shape index (κ2) is 7.56. The fourth-order valence-corrected chi connectivity index (χ4v) is 3.79. The molecule has 1 aromatic heterocycles. The molecular weight excluding hydrogens is 357 g/mol. The number of likely N-dealkylation sites (tertiary alicyclic amines) is 1. The normalized spacial score (nSPS) is 19.1. The number of nitrogens with zero attached hydrogens (tertiary/aromatic N) is 3. The van der Waals surface area contributed by atoms with Crippen LogP contribution < -0.4 is 0 Å². The maximum absolute atomic E-state index is 13.1. The number of amides is 1. The van der Waals surface area contributed by atoms with Crippen molar-refractivity contribution in [2.45, 2.75) is 18.3 Å². The summed E-state index contributed by atoms with van der Waals surface area (Å²) in [6.45, 7) is 1.14. The summed E-state index contributed by atoms with van der Waals surface area (Å²) < 4.78 is 14.7. The van der Waals surface area contributed by atoms with Gasteiger partial charge in [-0.1, -0.05) is 30.3 Å². The third kappa shape index (κ3) is 3.55. The highest BCUT2D eigenvalue weighted by molar-refractivity contribution is 5.79. The summed E-state index contributed by atoms with van der Waals surface area (Å²) in [4.78, 5) is 14.6. The number of benzene rings is 2. The van der Waals surface area contributed by atoms with Crippen LogP contribution >= 0.6 is 0 Å². The first-order valence-electron chi connectivity index (χ1n) is 9.34. The van der Waals surface area contributed by atoms with Crippen molar-refractivity contribution >= 4 is 5.91 Å². The molecular formula is C22H22FN3O2. The van der Waals surface area contributed by atoms with Crippen molar-refractivity contribution in [3.63, 3.8) is 0 Å². The van der Waals surface area contributed by atoms with E-state index in [4.69, 9.17) is 0 Å². The van der Waals surface area contributed by atoms with Gasteiger partial charge >= 0.3 is 0 Å². The molecule has 0 saturated carbocycles. The number of carbonyl (C=O) groups excluding carboxylic acids is 1. The third-order valence-corrected chi connectivity index (χ3v) is 5.46. The average molecular weight is 379 g/mol. The fraction of sp³-hybridized carbons (Fsp3) is 0.273. The van der Waals surface area contributed by atoms with Crippen molar-refractivity contribution in [1.82, 2.24) is 14.7 Å². The Morgan fingerprint density at radius 3 is 2.57 bits per heavy atom. The molecule has 0 bridgehead atoms. The zero-order valence-corrected chi connectivity index (χ0v) is 15.5. The van der Waals surface area contributed by atoms with Gasteiger partial charge in [-0.3, -0.25) is 4.79 Å². The van der Waals surface area contributed by atoms with Crippen LogP contribution in [0.2, 0.25) is 0 Å². The van der Waals surface area contributed by atoms with Gasteiger partial charge in [0.2, 0.25) is 5.91 Å². The first-order valence-corrected chi connectivity index (χ1v) is 9.34. The minimum atomic E-state index is -0.398. The van der Waals surface area contributed by atoms with Gasteiger partial charge in [-0.15, -0.1) is 0 Å². The molecule has 0 spiro atoms. The van der Waals surface area contributed by atoms with Gasteiger partial charge in [-0.25, -0.2) is 9.07 Å². The Morgan fingerprint density at radius 1 is 1.11 bits per heavy atom. The lowest BCUT2D eigenvalue weighted by atomic mass is 9.80. The molecule has 2 aromatic carbocycles. The highest BCUT2D eigenvalue weighted by Gasteiger charge is 2.40. The minimum absolute atomic E-state index is 0.00406. The summed E-state index contributed by atoms with van der Waals surface area (Å²) in [6.07, 6.45) is 2.70. The predicted octanol–water partition coefficient (Wildman–Crippen LogP) is 2.72. The summed E-state index contributed by atoms with van der Waals surface area (Å²) in [5.74, 6) is -0.304. The zero-order valence-electron chi connectivity index (χ0n) is 15.5. The van der Waals surface area contributed by atoms with Crippen LogP contribution in [0.25, 0.3) is 5.69 Å². The van der Waals surface area contributed by atoms with Gasteiger partial charge in [0, 0.05) is 24.7 Å². The number of aliphatic hydroxyl groups is 1. The Morgan fingerprint density at radius 2 is 1.86 bits per heavy atom. The van der Waals surface area contributed by atoms with Crippen LogP contribution in [0, 0.1) is 5.82 Å². The number of hydrogen-bond donors (Lipinski definition) is 1. The quantitative estimate of drug-likeness (QED) is 0.742. The standard InChI is InChI=1S/C22H22FN3O2/c23-18-6-8-20(9-7-18)26-12-10-19(24-26)14-21(28)25-13-11-22(15-25,16-27)17-4-2-1-3-5-17/h1-10,12,27H,11,13-16H2. The Hall–Kier alpha value is -2.99. The van der Waals surface area contributed by atoms with E-state index < -0.39 is 5.41 Å². The first-order chi connectivity index (χ1) is 13.6. The van der Waals surface area contributed by atoms with E-state index in [1.807, 2.05) is 30.3 Å². The molecule has 6 heteroatoms. The Labute approximate surface area is 163 Å². The largest absolute Gasteiger partial charge is 0.395 e. The van der Waals surface area contributed by atoms with Gasteiger partial charge < -0.3 is 10.0 Å². The molecule has 3 aromatic rings. The summed E-state index contributed by atoms with van der Waals surface area (Å²) in [6, 6.07) is 17.7. The van der Waals surface area contributed by atoms with E-state index >= 15 is 0 Å². The number of hydrogen-bond acceptors (Lipinski definition) is 3. The van der Waals surface area contributed by atoms with Crippen LogP contribution in [0.5, 0.6) is 0 Å². The predicted molar refractivity (Wildman–Crippen MR) is 104 cm³/mol. The Bertz CT molecular complexity index is 955. The van der Waals surface area contributed by atoms with Crippen LogP contribution in [0.15, 0.2) is 66.9 Å². The van der Waals surface area contributed by atoms with Crippen LogP contribution in [-0.2, 0) is 16.6 Å². The van der Waals surface area contributed by atoms with Crippen LogP contribution in [0.1, 0.15) is 17.7 Å². The second-order valence-electron chi connectivity index (χ2n) is 7.27. The molecule has 0 aliphatic carbocycles. The van der Waals surface area contributed by atoms with Crippen molar-refractivity contribution in [3.05, 3.63) is 83.9 Å². The SMILES string of the molecule is O=C(Cc1ccn(-c2ccc(F)cc2)n1)N1CCC(CO)(c2ccccc2)C1. The molecule has 1 unspecified atom stereocenters. The van der Waals surface area contributed by atoms with E-state index in [1.165, 1.54) is 12.1 Å². The molecule has 1 aliphatic rings. The summed E-state index contributed by atoms with van der Waals surface area (Å²) in [5.41, 5.74) is 2.07. The van der Waals surface area contributed by atoms with Gasteiger partial charge in [0.15, 0.2) is 0 Å². The van der Waals surface area contributed by atoms with Gasteiger partial charge in [0.05, 0.1) is 24.4 Å². The zero-order chi connectivity index (χ0) is 19.6. The second-order valence-corrected chi connectivity index (χ2v) is 7.27. The van der Waals surface area contributed by atoms with E-state index in [9.17, 15) is 14.3 Å². The van der Waals surface area contributed by atoms with Crippen molar-refractivity contribution in [2.24, 2.45) is 0 Å². The lowest BCUT2D eigenvalue weighted by molar-refractivity contribution is -0.129.